The van der Waals surface area contributed by atoms with Gasteiger partial charge in [0.15, 0.2) is 0 Å². The molecule has 1 aromatic carbocycles. The van der Waals surface area contributed by atoms with Crippen molar-refractivity contribution in [2.75, 3.05) is 0 Å². The molecule has 4 heteroatoms. The largest absolute Gasteiger partial charge is 0.469 e. The van der Waals surface area contributed by atoms with Crippen molar-refractivity contribution < 1.29 is 9.21 Å². The molecule has 1 fully saturated rings. The molecule has 1 atom stereocenters. The Labute approximate surface area is 136 Å². The lowest BCUT2D eigenvalue weighted by Gasteiger charge is -2.36. The number of nitrogens with one attached hydrogen (secondary N) is 1. The van der Waals surface area contributed by atoms with Crippen LogP contribution in [0.5, 0.6) is 0 Å². The van der Waals surface area contributed by atoms with E-state index >= 15 is 0 Å². The minimum atomic E-state index is -0.0974. The number of carbonyl (C=O) groups excluding carboxylic acids is 1. The first-order valence-corrected chi connectivity index (χ1v) is 8.35. The molecule has 1 amide bonds. The summed E-state index contributed by atoms with van der Waals surface area (Å²) in [6, 6.07) is 10.8. The van der Waals surface area contributed by atoms with Crippen LogP contribution in [0.15, 0.2) is 41.0 Å². The maximum atomic E-state index is 12.7. The summed E-state index contributed by atoms with van der Waals surface area (Å²) < 4.78 is 5.42. The molecule has 2 aromatic rings. The van der Waals surface area contributed by atoms with Crippen molar-refractivity contribution in [1.82, 2.24) is 10.2 Å². The van der Waals surface area contributed by atoms with E-state index in [1.54, 1.807) is 6.26 Å². The molecule has 1 aliphatic carbocycles. The molecule has 4 nitrogen and oxygen atoms in total. The Bertz CT molecular complexity index is 718. The molecule has 0 bridgehead atoms. The first kappa shape index (κ1) is 14.5. The summed E-state index contributed by atoms with van der Waals surface area (Å²) in [5.41, 5.74) is 3.78. The van der Waals surface area contributed by atoms with Crippen LogP contribution in [0.2, 0.25) is 0 Å². The average Bonchev–Trinajstić information content (AvgIpc) is 3.28. The lowest BCUT2D eigenvalue weighted by molar-refractivity contribution is -0.127. The molecule has 0 saturated heterocycles. The van der Waals surface area contributed by atoms with E-state index in [1.807, 2.05) is 13.0 Å². The molecule has 2 aliphatic rings. The molecule has 0 radical (unpaired) electrons. The lowest BCUT2D eigenvalue weighted by Crippen LogP contribution is -2.50. The van der Waals surface area contributed by atoms with E-state index in [2.05, 4.69) is 34.5 Å². The molecule has 1 N–H and O–H groups in total. The molecule has 1 saturated carbocycles. The third-order valence-electron chi connectivity index (χ3n) is 4.91. The number of aryl methyl sites for hydroxylation is 1. The zero-order chi connectivity index (χ0) is 15.8. The van der Waals surface area contributed by atoms with Crippen molar-refractivity contribution in [2.24, 2.45) is 0 Å². The number of fused-ring (bicyclic) bond motifs is 1. The van der Waals surface area contributed by atoms with Gasteiger partial charge in [0.25, 0.3) is 0 Å². The van der Waals surface area contributed by atoms with E-state index in [9.17, 15) is 4.79 Å². The Morgan fingerprint density at radius 3 is 2.74 bits per heavy atom. The first-order chi connectivity index (χ1) is 11.2. The van der Waals surface area contributed by atoms with Crippen molar-refractivity contribution in [3.63, 3.8) is 0 Å². The average molecular weight is 310 g/mol. The van der Waals surface area contributed by atoms with Crippen molar-refractivity contribution in [2.45, 2.75) is 51.4 Å². The van der Waals surface area contributed by atoms with Crippen LogP contribution >= 0.6 is 0 Å². The van der Waals surface area contributed by atoms with E-state index < -0.39 is 0 Å². The Hall–Kier alpha value is -2.07. The Kier molecular flexibility index (Phi) is 3.69. The lowest BCUT2D eigenvalue weighted by atomic mass is 9.93. The number of hydrogen-bond acceptors (Lipinski definition) is 3. The summed E-state index contributed by atoms with van der Waals surface area (Å²) in [5.74, 6) is 1.10. The molecule has 4 rings (SSSR count). The topological polar surface area (TPSA) is 45.5 Å². The van der Waals surface area contributed by atoms with Gasteiger partial charge in [-0.1, -0.05) is 24.3 Å². The van der Waals surface area contributed by atoms with Gasteiger partial charge in [0.05, 0.1) is 12.3 Å². The molecule has 0 unspecified atom stereocenters. The maximum Gasteiger partial charge on any atom is 0.237 e. The fourth-order valence-electron chi connectivity index (χ4n) is 3.32. The summed E-state index contributed by atoms with van der Waals surface area (Å²) in [5, 5.41) is 3.17. The molecule has 23 heavy (non-hydrogen) atoms. The SMILES string of the molecule is Cc1occc1CN1Cc2ccccc2C[C@@H]1C(=O)NC1CC1. The molecule has 0 spiro atoms. The van der Waals surface area contributed by atoms with Crippen molar-refractivity contribution in [3.8, 4) is 0 Å². The Morgan fingerprint density at radius 2 is 2.04 bits per heavy atom. The number of benzene rings is 1. The number of amides is 1. The van der Waals surface area contributed by atoms with Gasteiger partial charge in [0, 0.05) is 24.7 Å². The van der Waals surface area contributed by atoms with Gasteiger partial charge < -0.3 is 9.73 Å². The van der Waals surface area contributed by atoms with Gasteiger partial charge in [0.2, 0.25) is 5.91 Å². The molecule has 2 heterocycles. The smallest absolute Gasteiger partial charge is 0.237 e. The molecule has 1 aliphatic heterocycles. The zero-order valence-corrected chi connectivity index (χ0v) is 13.4. The van der Waals surface area contributed by atoms with Crippen molar-refractivity contribution in [1.29, 1.82) is 0 Å². The number of carbonyl (C=O) groups is 1. The standard InChI is InChI=1S/C19H22N2O2/c1-13-15(8-9-23-13)11-21-12-16-5-3-2-4-14(16)10-18(21)19(22)20-17-6-7-17/h2-5,8-9,17-18H,6-7,10-12H2,1H3,(H,20,22)/t18-/m1/s1. The van der Waals surface area contributed by atoms with Crippen molar-refractivity contribution in [3.05, 3.63) is 59.0 Å². The van der Waals surface area contributed by atoms with Gasteiger partial charge in [-0.25, -0.2) is 0 Å². The predicted molar refractivity (Wildman–Crippen MR) is 87.8 cm³/mol. The molecular formula is C19H22N2O2. The van der Waals surface area contributed by atoms with Crippen LogP contribution in [0, 0.1) is 6.92 Å². The Morgan fingerprint density at radius 1 is 1.26 bits per heavy atom. The second-order valence-electron chi connectivity index (χ2n) is 6.68. The minimum Gasteiger partial charge on any atom is -0.469 e. The number of hydrogen-bond donors (Lipinski definition) is 1. The highest BCUT2D eigenvalue weighted by molar-refractivity contribution is 5.83. The second-order valence-corrected chi connectivity index (χ2v) is 6.68. The van der Waals surface area contributed by atoms with Crippen LogP contribution in [-0.2, 0) is 24.3 Å². The van der Waals surface area contributed by atoms with Crippen molar-refractivity contribution >= 4 is 5.91 Å². The highest BCUT2D eigenvalue weighted by Crippen LogP contribution is 2.27. The summed E-state index contributed by atoms with van der Waals surface area (Å²) in [4.78, 5) is 15.0. The quantitative estimate of drug-likeness (QED) is 0.944. The van der Waals surface area contributed by atoms with E-state index in [0.29, 0.717) is 6.04 Å². The van der Waals surface area contributed by atoms with Crippen LogP contribution in [0.3, 0.4) is 0 Å². The third-order valence-corrected chi connectivity index (χ3v) is 4.91. The predicted octanol–water partition coefficient (Wildman–Crippen LogP) is 2.79. The van der Waals surface area contributed by atoms with E-state index in [-0.39, 0.29) is 11.9 Å². The van der Waals surface area contributed by atoms with E-state index in [4.69, 9.17) is 4.42 Å². The summed E-state index contributed by atoms with van der Waals surface area (Å²) >= 11 is 0. The van der Waals surface area contributed by atoms with E-state index in [0.717, 1.165) is 43.7 Å². The summed E-state index contributed by atoms with van der Waals surface area (Å²) in [6.45, 7) is 3.54. The monoisotopic (exact) mass is 310 g/mol. The van der Waals surface area contributed by atoms with Gasteiger partial charge in [-0.2, -0.15) is 0 Å². The summed E-state index contributed by atoms with van der Waals surface area (Å²) in [7, 11) is 0. The zero-order valence-electron chi connectivity index (χ0n) is 13.4. The third kappa shape index (κ3) is 3.04. The highest BCUT2D eigenvalue weighted by atomic mass is 16.3. The number of nitrogens with zero attached hydrogens (tertiary/aromatic N) is 1. The number of furan rings is 1. The van der Waals surface area contributed by atoms with Gasteiger partial charge in [-0.15, -0.1) is 0 Å². The maximum absolute atomic E-state index is 12.7. The van der Waals surface area contributed by atoms with Gasteiger partial charge in [0.1, 0.15) is 5.76 Å². The van der Waals surface area contributed by atoms with E-state index in [1.165, 1.54) is 11.1 Å². The van der Waals surface area contributed by atoms with Crippen LogP contribution in [-0.4, -0.2) is 22.9 Å². The second kappa shape index (κ2) is 5.85. The van der Waals surface area contributed by atoms with Crippen LogP contribution in [0.25, 0.3) is 0 Å². The first-order valence-electron chi connectivity index (χ1n) is 8.35. The van der Waals surface area contributed by atoms with Gasteiger partial charge >= 0.3 is 0 Å². The molecular weight excluding hydrogens is 288 g/mol. The van der Waals surface area contributed by atoms with Crippen LogP contribution in [0.1, 0.15) is 35.3 Å². The fraction of sp³-hybridized carbons (Fsp3) is 0.421. The van der Waals surface area contributed by atoms with Crippen LogP contribution < -0.4 is 5.32 Å². The Balaban J connectivity index is 1.59. The minimum absolute atomic E-state index is 0.0974. The van der Waals surface area contributed by atoms with Crippen LogP contribution in [0.4, 0.5) is 0 Å². The molecule has 1 aromatic heterocycles. The highest BCUT2D eigenvalue weighted by Gasteiger charge is 2.34. The van der Waals surface area contributed by atoms with Gasteiger partial charge in [-0.3, -0.25) is 9.69 Å². The number of rotatable bonds is 4. The fourth-order valence-corrected chi connectivity index (χ4v) is 3.32. The normalized spacial score (nSPS) is 21.0. The summed E-state index contributed by atoms with van der Waals surface area (Å²) in [6.07, 6.45) is 4.75. The van der Waals surface area contributed by atoms with Gasteiger partial charge in [-0.05, 0) is 43.4 Å². The molecule has 120 valence electrons.